The van der Waals surface area contributed by atoms with Crippen LogP contribution in [0.5, 0.6) is 0 Å². The summed E-state index contributed by atoms with van der Waals surface area (Å²) < 4.78 is 9.32. The molecule has 5 aromatic heterocycles. The smallest absolute Gasteiger partial charge is 0.289 e. The molecular weight excluding hydrogens is 432 g/mol. The molecule has 1 fully saturated rings. The highest BCUT2D eigenvalue weighted by Crippen LogP contribution is 2.18. The second kappa shape index (κ2) is 8.18. The maximum absolute atomic E-state index is 13.1. The van der Waals surface area contributed by atoms with Gasteiger partial charge in [0.15, 0.2) is 11.4 Å². The number of aromatic nitrogens is 4. The van der Waals surface area contributed by atoms with E-state index in [1.807, 2.05) is 47.0 Å². The van der Waals surface area contributed by atoms with Crippen molar-refractivity contribution in [2.24, 2.45) is 0 Å². The van der Waals surface area contributed by atoms with Gasteiger partial charge in [-0.05, 0) is 48.5 Å². The van der Waals surface area contributed by atoms with Gasteiger partial charge in [0.2, 0.25) is 0 Å². The first-order valence-corrected chi connectivity index (χ1v) is 11.2. The van der Waals surface area contributed by atoms with E-state index in [0.29, 0.717) is 43.1 Å². The summed E-state index contributed by atoms with van der Waals surface area (Å²) in [6.45, 7) is 2.78. The van der Waals surface area contributed by atoms with E-state index in [0.717, 1.165) is 11.3 Å². The lowest BCUT2D eigenvalue weighted by atomic mass is 10.2. The fourth-order valence-electron chi connectivity index (χ4n) is 4.50. The van der Waals surface area contributed by atoms with Crippen LogP contribution >= 0.6 is 0 Å². The van der Waals surface area contributed by atoms with Crippen LogP contribution < -0.4 is 10.5 Å². The highest BCUT2D eigenvalue weighted by Gasteiger charge is 2.25. The molecule has 0 radical (unpaired) electrons. The quantitative estimate of drug-likeness (QED) is 0.415. The minimum Gasteiger partial charge on any atom is -0.454 e. The number of amides is 1. The van der Waals surface area contributed by atoms with Gasteiger partial charge in [-0.2, -0.15) is 0 Å². The number of fused-ring (bicyclic) bond motifs is 3. The Morgan fingerprint density at radius 1 is 0.882 bits per heavy atom. The predicted molar refractivity (Wildman–Crippen MR) is 127 cm³/mol. The molecule has 1 amide bonds. The van der Waals surface area contributed by atoms with E-state index < -0.39 is 0 Å². The lowest BCUT2D eigenvalue weighted by Crippen LogP contribution is -2.49. The van der Waals surface area contributed by atoms with Gasteiger partial charge in [0.25, 0.3) is 11.5 Å². The third-order valence-electron chi connectivity index (χ3n) is 6.22. The summed E-state index contributed by atoms with van der Waals surface area (Å²) in [5, 5.41) is 0. The van der Waals surface area contributed by atoms with Crippen molar-refractivity contribution in [2.45, 2.75) is 6.54 Å². The maximum atomic E-state index is 13.1. The predicted octanol–water partition coefficient (Wildman–Crippen LogP) is 2.65. The molecule has 34 heavy (non-hydrogen) atoms. The van der Waals surface area contributed by atoms with Crippen molar-refractivity contribution in [3.63, 3.8) is 0 Å². The highest BCUT2D eigenvalue weighted by atomic mass is 16.4. The molecule has 1 aliphatic heterocycles. The van der Waals surface area contributed by atoms with Crippen LogP contribution in [0.15, 0.2) is 82.4 Å². The number of pyridine rings is 2. The number of piperazine rings is 1. The van der Waals surface area contributed by atoms with Gasteiger partial charge in [-0.25, -0.2) is 9.97 Å². The average molecular weight is 454 g/mol. The van der Waals surface area contributed by atoms with E-state index in [2.05, 4.69) is 14.9 Å². The fraction of sp³-hybridized carbons (Fsp3) is 0.200. The third-order valence-corrected chi connectivity index (χ3v) is 6.22. The molecule has 5 aromatic rings. The van der Waals surface area contributed by atoms with Crippen LogP contribution in [0.1, 0.15) is 16.3 Å². The molecule has 0 atom stereocenters. The molecule has 170 valence electrons. The van der Waals surface area contributed by atoms with Crippen molar-refractivity contribution in [1.29, 1.82) is 0 Å². The van der Waals surface area contributed by atoms with E-state index >= 15 is 0 Å². The van der Waals surface area contributed by atoms with Crippen molar-refractivity contribution < 1.29 is 9.21 Å². The Hall–Kier alpha value is -4.40. The summed E-state index contributed by atoms with van der Waals surface area (Å²) in [6, 6.07) is 16.6. The van der Waals surface area contributed by atoms with Crippen molar-refractivity contribution in [3.8, 4) is 0 Å². The van der Waals surface area contributed by atoms with Crippen molar-refractivity contribution in [1.82, 2.24) is 23.8 Å². The SMILES string of the molecule is O=C(c1ccc(Cn2c(=O)c3cccn3c3cccnc32)o1)N1CCN(c2ccccn2)CC1. The second-order valence-electron chi connectivity index (χ2n) is 8.23. The molecule has 1 saturated heterocycles. The number of hydrogen-bond donors (Lipinski definition) is 0. The second-order valence-corrected chi connectivity index (χ2v) is 8.23. The van der Waals surface area contributed by atoms with Gasteiger partial charge in [-0.15, -0.1) is 0 Å². The monoisotopic (exact) mass is 454 g/mol. The molecule has 0 unspecified atom stereocenters. The first-order chi connectivity index (χ1) is 16.7. The Morgan fingerprint density at radius 3 is 2.53 bits per heavy atom. The Balaban J connectivity index is 1.22. The lowest BCUT2D eigenvalue weighted by Gasteiger charge is -2.34. The first kappa shape index (κ1) is 20.2. The minimum atomic E-state index is -0.161. The molecule has 0 saturated carbocycles. The van der Waals surface area contributed by atoms with Gasteiger partial charge >= 0.3 is 0 Å². The lowest BCUT2D eigenvalue weighted by molar-refractivity contribution is 0.0712. The number of carbonyl (C=O) groups is 1. The van der Waals surface area contributed by atoms with Crippen LogP contribution in [0, 0.1) is 0 Å². The first-order valence-electron chi connectivity index (χ1n) is 11.2. The number of hydrogen-bond acceptors (Lipinski definition) is 6. The topological polar surface area (TPSA) is 88.9 Å². The molecule has 0 aromatic carbocycles. The number of anilines is 1. The summed E-state index contributed by atoms with van der Waals surface area (Å²) in [5.74, 6) is 1.57. The largest absolute Gasteiger partial charge is 0.454 e. The van der Waals surface area contributed by atoms with Gasteiger partial charge in [0, 0.05) is 44.8 Å². The van der Waals surface area contributed by atoms with Crippen LogP contribution in [-0.4, -0.2) is 55.9 Å². The summed E-state index contributed by atoms with van der Waals surface area (Å²) in [4.78, 5) is 38.9. The Bertz CT molecular complexity index is 1540. The third kappa shape index (κ3) is 3.42. The summed E-state index contributed by atoms with van der Waals surface area (Å²) in [7, 11) is 0. The molecule has 9 heteroatoms. The fourth-order valence-corrected chi connectivity index (χ4v) is 4.50. The zero-order chi connectivity index (χ0) is 23.1. The van der Waals surface area contributed by atoms with E-state index in [1.54, 1.807) is 40.1 Å². The standard InChI is InChI=1S/C25H22N6O3/c32-24-20-6-4-12-30(20)19-5-3-11-27-23(19)31(24)17-18-8-9-21(34-18)25(33)29-15-13-28(14-16-29)22-7-1-2-10-26-22/h1-12H,13-17H2. The Morgan fingerprint density at radius 2 is 1.71 bits per heavy atom. The Labute approximate surface area is 194 Å². The van der Waals surface area contributed by atoms with Crippen LogP contribution in [0.25, 0.3) is 16.7 Å². The summed E-state index contributed by atoms with van der Waals surface area (Å²) >= 11 is 0. The van der Waals surface area contributed by atoms with Crippen molar-refractivity contribution >= 4 is 28.4 Å². The van der Waals surface area contributed by atoms with Crippen LogP contribution in [-0.2, 0) is 6.54 Å². The van der Waals surface area contributed by atoms with E-state index in [9.17, 15) is 9.59 Å². The van der Waals surface area contributed by atoms with Crippen molar-refractivity contribution in [3.05, 3.63) is 95.1 Å². The molecule has 9 nitrogen and oxygen atoms in total. The van der Waals surface area contributed by atoms with Gasteiger partial charge in [0.05, 0.1) is 12.1 Å². The van der Waals surface area contributed by atoms with Crippen molar-refractivity contribution in [2.75, 3.05) is 31.1 Å². The van der Waals surface area contributed by atoms with Gasteiger partial charge in [0.1, 0.15) is 17.1 Å². The molecule has 0 spiro atoms. The average Bonchev–Trinajstić information content (AvgIpc) is 3.57. The van der Waals surface area contributed by atoms with Crippen LogP contribution in [0.4, 0.5) is 5.82 Å². The van der Waals surface area contributed by atoms with Gasteiger partial charge < -0.3 is 18.6 Å². The van der Waals surface area contributed by atoms with Crippen LogP contribution in [0.2, 0.25) is 0 Å². The Kier molecular flexibility index (Phi) is 4.87. The number of carbonyl (C=O) groups excluding carboxylic acids is 1. The molecule has 6 rings (SSSR count). The maximum Gasteiger partial charge on any atom is 0.289 e. The van der Waals surface area contributed by atoms with E-state index in [4.69, 9.17) is 4.42 Å². The molecule has 0 aliphatic carbocycles. The van der Waals surface area contributed by atoms with Gasteiger partial charge in [-0.1, -0.05) is 6.07 Å². The zero-order valence-electron chi connectivity index (χ0n) is 18.4. The molecule has 0 bridgehead atoms. The number of furan rings is 1. The number of nitrogens with zero attached hydrogens (tertiary/aromatic N) is 6. The molecular formula is C25H22N6O3. The van der Waals surface area contributed by atoms with E-state index in [1.165, 1.54) is 0 Å². The van der Waals surface area contributed by atoms with Crippen LogP contribution in [0.3, 0.4) is 0 Å². The molecule has 1 aliphatic rings. The minimum absolute atomic E-state index is 0.149. The van der Waals surface area contributed by atoms with E-state index in [-0.39, 0.29) is 23.8 Å². The summed E-state index contributed by atoms with van der Waals surface area (Å²) in [5.41, 5.74) is 1.79. The summed E-state index contributed by atoms with van der Waals surface area (Å²) in [6.07, 6.45) is 5.28. The highest BCUT2D eigenvalue weighted by molar-refractivity contribution is 5.91. The molecule has 0 N–H and O–H groups in total. The molecule has 6 heterocycles. The zero-order valence-corrected chi connectivity index (χ0v) is 18.4. The normalized spacial score (nSPS) is 14.2. The number of rotatable bonds is 4. The van der Waals surface area contributed by atoms with Gasteiger partial charge in [-0.3, -0.25) is 14.2 Å².